The Labute approximate surface area is 133 Å². The quantitative estimate of drug-likeness (QED) is 0.850. The second-order valence-electron chi connectivity index (χ2n) is 5.64. The molecule has 0 radical (unpaired) electrons. The van der Waals surface area contributed by atoms with Crippen LogP contribution in [0, 0.1) is 6.92 Å². The van der Waals surface area contributed by atoms with E-state index in [0.29, 0.717) is 22.6 Å². The van der Waals surface area contributed by atoms with E-state index >= 15 is 0 Å². The van der Waals surface area contributed by atoms with Crippen molar-refractivity contribution in [1.29, 1.82) is 0 Å². The van der Waals surface area contributed by atoms with Gasteiger partial charge in [0, 0.05) is 11.1 Å². The molecule has 1 aliphatic heterocycles. The van der Waals surface area contributed by atoms with Gasteiger partial charge in [0.25, 0.3) is 5.91 Å². The van der Waals surface area contributed by atoms with Gasteiger partial charge in [0.1, 0.15) is 5.75 Å². The molecule has 0 spiro atoms. The van der Waals surface area contributed by atoms with Crippen LogP contribution >= 0.6 is 0 Å². The summed E-state index contributed by atoms with van der Waals surface area (Å²) in [5.41, 5.74) is 0.422. The second kappa shape index (κ2) is 5.52. The summed E-state index contributed by atoms with van der Waals surface area (Å²) < 4.78 is 5.10. The van der Waals surface area contributed by atoms with Crippen molar-refractivity contribution in [3.63, 3.8) is 0 Å². The predicted octanol–water partition coefficient (Wildman–Crippen LogP) is 2.42. The molecule has 1 heterocycles. The summed E-state index contributed by atoms with van der Waals surface area (Å²) in [4.78, 5) is 24.8. The van der Waals surface area contributed by atoms with Crippen LogP contribution < -0.4 is 10.1 Å². The third kappa shape index (κ3) is 2.49. The number of nitrogens with one attached hydrogen (secondary N) is 1. The molecule has 0 unspecified atom stereocenters. The van der Waals surface area contributed by atoms with Gasteiger partial charge in [0.2, 0.25) is 0 Å². The summed E-state index contributed by atoms with van der Waals surface area (Å²) >= 11 is 0. The monoisotopic (exact) mass is 311 g/mol. The second-order valence-corrected chi connectivity index (χ2v) is 5.64. The van der Waals surface area contributed by atoms with Crippen LogP contribution in [0.25, 0.3) is 0 Å². The molecule has 0 saturated heterocycles. The minimum Gasteiger partial charge on any atom is -0.497 e. The first-order valence-corrected chi connectivity index (χ1v) is 7.27. The van der Waals surface area contributed by atoms with Crippen molar-refractivity contribution in [2.75, 3.05) is 12.4 Å². The van der Waals surface area contributed by atoms with E-state index in [2.05, 4.69) is 5.32 Å². The number of rotatable bonds is 4. The summed E-state index contributed by atoms with van der Waals surface area (Å²) in [6.45, 7) is 1.84. The number of benzene rings is 2. The Balaban J connectivity index is 1.94. The molecule has 118 valence electrons. The number of fused-ring (bicyclic) bond motifs is 1. The average molecular weight is 311 g/mol. The summed E-state index contributed by atoms with van der Waals surface area (Å²) in [5, 5.41) is 13.5. The van der Waals surface area contributed by atoms with Gasteiger partial charge >= 0.3 is 0 Å². The van der Waals surface area contributed by atoms with Gasteiger partial charge < -0.3 is 15.2 Å². The van der Waals surface area contributed by atoms with E-state index < -0.39 is 11.5 Å². The highest BCUT2D eigenvalue weighted by Crippen LogP contribution is 2.40. The average Bonchev–Trinajstić information content (AvgIpc) is 2.80. The highest BCUT2D eigenvalue weighted by atomic mass is 16.5. The number of aliphatic hydroxyl groups is 1. The van der Waals surface area contributed by atoms with E-state index in [1.165, 1.54) is 7.11 Å². The van der Waals surface area contributed by atoms with Crippen LogP contribution in [0.15, 0.2) is 42.5 Å². The topological polar surface area (TPSA) is 75.6 Å². The fourth-order valence-electron chi connectivity index (χ4n) is 2.82. The Morgan fingerprint density at radius 1 is 1.26 bits per heavy atom. The first-order chi connectivity index (χ1) is 11.0. The minimum absolute atomic E-state index is 0.317. The van der Waals surface area contributed by atoms with Crippen molar-refractivity contribution in [3.8, 4) is 5.75 Å². The van der Waals surface area contributed by atoms with E-state index in [0.717, 1.165) is 5.56 Å². The number of Topliss-reactive ketones (excluding diaryl/α,β-unsaturated/α-hetero) is 1. The third-order valence-electron chi connectivity index (χ3n) is 4.14. The first-order valence-electron chi connectivity index (χ1n) is 7.27. The number of aryl methyl sites for hydroxylation is 1. The van der Waals surface area contributed by atoms with Crippen LogP contribution in [0.1, 0.15) is 27.9 Å². The Bertz CT molecular complexity index is 799. The molecule has 1 atom stereocenters. The zero-order chi connectivity index (χ0) is 16.6. The molecule has 0 bridgehead atoms. The fourth-order valence-corrected chi connectivity index (χ4v) is 2.82. The largest absolute Gasteiger partial charge is 0.497 e. The summed E-state index contributed by atoms with van der Waals surface area (Å²) in [6.07, 6.45) is -0.317. The van der Waals surface area contributed by atoms with Crippen LogP contribution in [0.4, 0.5) is 5.69 Å². The molecule has 2 aromatic carbocycles. The van der Waals surface area contributed by atoms with Crippen LogP contribution in [-0.4, -0.2) is 23.9 Å². The molecule has 3 rings (SSSR count). The van der Waals surface area contributed by atoms with Crippen molar-refractivity contribution in [2.24, 2.45) is 0 Å². The molecule has 23 heavy (non-hydrogen) atoms. The van der Waals surface area contributed by atoms with Crippen molar-refractivity contribution >= 4 is 17.4 Å². The van der Waals surface area contributed by atoms with E-state index in [9.17, 15) is 14.7 Å². The highest BCUT2D eigenvalue weighted by Gasteiger charge is 2.47. The predicted molar refractivity (Wildman–Crippen MR) is 85.6 cm³/mol. The number of hydrogen-bond acceptors (Lipinski definition) is 4. The van der Waals surface area contributed by atoms with E-state index in [-0.39, 0.29) is 12.2 Å². The molecule has 2 aromatic rings. The number of ether oxygens (including phenoxy) is 1. The number of amides is 1. The Kier molecular flexibility index (Phi) is 3.66. The number of methoxy groups -OCH3 is 1. The van der Waals surface area contributed by atoms with E-state index in [4.69, 9.17) is 4.74 Å². The number of carbonyl (C=O) groups excluding carboxylic acids is 2. The number of anilines is 1. The molecule has 1 amide bonds. The zero-order valence-electron chi connectivity index (χ0n) is 12.9. The Morgan fingerprint density at radius 2 is 2.00 bits per heavy atom. The maximum absolute atomic E-state index is 12.5. The molecular weight excluding hydrogens is 294 g/mol. The lowest BCUT2D eigenvalue weighted by Crippen LogP contribution is -2.36. The molecule has 5 heteroatoms. The Hall–Kier alpha value is -2.66. The van der Waals surface area contributed by atoms with E-state index in [1.54, 1.807) is 36.4 Å². The summed E-state index contributed by atoms with van der Waals surface area (Å²) in [7, 11) is 1.51. The minimum atomic E-state index is -1.85. The maximum Gasteiger partial charge on any atom is 0.261 e. The van der Waals surface area contributed by atoms with Crippen molar-refractivity contribution < 1.29 is 19.4 Å². The van der Waals surface area contributed by atoms with Crippen molar-refractivity contribution in [3.05, 3.63) is 59.2 Å². The van der Waals surface area contributed by atoms with Gasteiger partial charge in [-0.2, -0.15) is 0 Å². The van der Waals surface area contributed by atoms with Crippen molar-refractivity contribution in [1.82, 2.24) is 0 Å². The summed E-state index contributed by atoms with van der Waals surface area (Å²) in [5.74, 6) is -0.344. The highest BCUT2D eigenvalue weighted by molar-refractivity contribution is 6.09. The number of para-hydroxylation sites is 1. The SMILES string of the molecule is COc1cccc(C(=O)C[C@@]2(O)C(=O)Nc3c(C)cccc32)c1. The maximum atomic E-state index is 12.5. The van der Waals surface area contributed by atoms with Gasteiger partial charge in [-0.25, -0.2) is 0 Å². The van der Waals surface area contributed by atoms with Crippen LogP contribution in [0.5, 0.6) is 5.75 Å². The lowest BCUT2D eigenvalue weighted by molar-refractivity contribution is -0.133. The normalized spacial score (nSPS) is 19.2. The van der Waals surface area contributed by atoms with Gasteiger partial charge in [-0.1, -0.05) is 30.3 Å². The van der Waals surface area contributed by atoms with Crippen LogP contribution in [0.3, 0.4) is 0 Å². The Morgan fingerprint density at radius 3 is 2.74 bits per heavy atom. The molecule has 0 aliphatic carbocycles. The fraction of sp³-hybridized carbons (Fsp3) is 0.222. The first kappa shape index (κ1) is 15.2. The van der Waals surface area contributed by atoms with Gasteiger partial charge in [0.05, 0.1) is 19.2 Å². The lowest BCUT2D eigenvalue weighted by Gasteiger charge is -2.20. The van der Waals surface area contributed by atoms with Crippen molar-refractivity contribution in [2.45, 2.75) is 18.9 Å². The van der Waals surface area contributed by atoms with Gasteiger partial charge in [-0.15, -0.1) is 0 Å². The van der Waals surface area contributed by atoms with E-state index in [1.807, 2.05) is 13.0 Å². The standard InChI is InChI=1S/C18H17NO4/c1-11-5-3-8-14-16(11)19-17(21)18(14,22)10-15(20)12-6-4-7-13(9-12)23-2/h3-9,22H,10H2,1-2H3,(H,19,21)/t18-/m0/s1. The van der Waals surface area contributed by atoms with Crippen LogP contribution in [-0.2, 0) is 10.4 Å². The van der Waals surface area contributed by atoms with Crippen LogP contribution in [0.2, 0.25) is 0 Å². The number of ketones is 1. The van der Waals surface area contributed by atoms with Gasteiger partial charge in [0.15, 0.2) is 11.4 Å². The number of hydrogen-bond donors (Lipinski definition) is 2. The molecule has 0 aromatic heterocycles. The summed E-state index contributed by atoms with van der Waals surface area (Å²) in [6, 6.07) is 11.9. The molecule has 0 saturated carbocycles. The molecule has 0 fully saturated rings. The lowest BCUT2D eigenvalue weighted by atomic mass is 9.87. The molecule has 2 N–H and O–H groups in total. The zero-order valence-corrected chi connectivity index (χ0v) is 12.9. The van der Waals surface area contributed by atoms with Gasteiger partial charge in [-0.3, -0.25) is 9.59 Å². The molecule has 5 nitrogen and oxygen atoms in total. The molecular formula is C18H17NO4. The van der Waals surface area contributed by atoms with Gasteiger partial charge in [-0.05, 0) is 24.6 Å². The third-order valence-corrected chi connectivity index (χ3v) is 4.14. The smallest absolute Gasteiger partial charge is 0.261 e. The molecule has 1 aliphatic rings. The number of carbonyl (C=O) groups is 2.